The Balaban J connectivity index is 3.13. The minimum atomic E-state index is -0.387. The molecule has 1 unspecified atom stereocenters. The summed E-state index contributed by atoms with van der Waals surface area (Å²) in [5.74, 6) is 2.71. The van der Waals surface area contributed by atoms with Crippen molar-refractivity contribution >= 4 is 17.4 Å². The number of terminal acetylenes is 1. The van der Waals surface area contributed by atoms with Crippen LogP contribution in [0.3, 0.4) is 0 Å². The number of carbonyl (C=O) groups excluding carboxylic acids is 1. The molecular formula is C12H11ClO2. The van der Waals surface area contributed by atoms with Crippen molar-refractivity contribution in [2.24, 2.45) is 0 Å². The number of benzene rings is 1. The average molecular weight is 223 g/mol. The molecule has 2 nitrogen and oxygen atoms in total. The van der Waals surface area contributed by atoms with E-state index in [9.17, 15) is 4.79 Å². The van der Waals surface area contributed by atoms with E-state index >= 15 is 0 Å². The Morgan fingerprint density at radius 1 is 1.60 bits per heavy atom. The van der Waals surface area contributed by atoms with E-state index in [0.717, 1.165) is 0 Å². The Labute approximate surface area is 94.2 Å². The van der Waals surface area contributed by atoms with Crippen LogP contribution < -0.4 is 4.74 Å². The largest absolute Gasteiger partial charge is 0.477 e. The topological polar surface area (TPSA) is 26.3 Å². The Kier molecular flexibility index (Phi) is 3.76. The van der Waals surface area contributed by atoms with Crippen molar-refractivity contribution in [2.75, 3.05) is 0 Å². The maximum atomic E-state index is 11.3. The fourth-order valence-electron chi connectivity index (χ4n) is 1.17. The van der Waals surface area contributed by atoms with E-state index in [4.69, 9.17) is 22.8 Å². The maximum Gasteiger partial charge on any atom is 0.165 e. The first-order chi connectivity index (χ1) is 7.06. The molecule has 0 heterocycles. The highest BCUT2D eigenvalue weighted by molar-refractivity contribution is 6.34. The molecule has 0 spiro atoms. The molecule has 1 atom stereocenters. The van der Waals surface area contributed by atoms with Gasteiger partial charge in [0.25, 0.3) is 0 Å². The summed E-state index contributed by atoms with van der Waals surface area (Å²) in [5.41, 5.74) is 0.376. The lowest BCUT2D eigenvalue weighted by atomic mass is 10.1. The Morgan fingerprint density at radius 3 is 2.80 bits per heavy atom. The zero-order valence-electron chi connectivity index (χ0n) is 8.58. The smallest absolute Gasteiger partial charge is 0.165 e. The first-order valence-corrected chi connectivity index (χ1v) is 4.86. The molecule has 3 heteroatoms. The average Bonchev–Trinajstić information content (AvgIpc) is 2.17. The van der Waals surface area contributed by atoms with Gasteiger partial charge >= 0.3 is 0 Å². The first kappa shape index (κ1) is 11.6. The van der Waals surface area contributed by atoms with E-state index in [0.29, 0.717) is 16.3 Å². The van der Waals surface area contributed by atoms with Crippen LogP contribution in [0, 0.1) is 12.3 Å². The number of rotatable bonds is 3. The summed E-state index contributed by atoms with van der Waals surface area (Å²) < 4.78 is 5.40. The molecule has 0 aliphatic rings. The minimum absolute atomic E-state index is 0.139. The van der Waals surface area contributed by atoms with Crippen LogP contribution in [0.4, 0.5) is 0 Å². The van der Waals surface area contributed by atoms with E-state index in [1.807, 2.05) is 0 Å². The molecule has 1 aromatic rings. The van der Waals surface area contributed by atoms with Gasteiger partial charge in [0.1, 0.15) is 5.75 Å². The lowest BCUT2D eigenvalue weighted by Crippen LogP contribution is -2.11. The molecule has 0 bridgehead atoms. The van der Waals surface area contributed by atoms with Gasteiger partial charge in [0.05, 0.1) is 10.6 Å². The Bertz CT molecular complexity index is 418. The molecule has 0 aliphatic carbocycles. The highest BCUT2D eigenvalue weighted by Crippen LogP contribution is 2.27. The summed E-state index contributed by atoms with van der Waals surface area (Å²) in [6.45, 7) is 3.17. The molecule has 0 saturated heterocycles. The van der Waals surface area contributed by atoms with Crippen molar-refractivity contribution in [2.45, 2.75) is 20.0 Å². The first-order valence-electron chi connectivity index (χ1n) is 4.48. The molecule has 0 aliphatic heterocycles. The van der Waals surface area contributed by atoms with Crippen LogP contribution in [0.1, 0.15) is 24.2 Å². The minimum Gasteiger partial charge on any atom is -0.477 e. The van der Waals surface area contributed by atoms with Crippen LogP contribution in [-0.2, 0) is 0 Å². The zero-order valence-corrected chi connectivity index (χ0v) is 9.34. The van der Waals surface area contributed by atoms with Crippen molar-refractivity contribution in [1.82, 2.24) is 0 Å². The van der Waals surface area contributed by atoms with Crippen LogP contribution in [0.2, 0.25) is 5.02 Å². The molecule has 1 aromatic carbocycles. The van der Waals surface area contributed by atoms with Crippen LogP contribution in [-0.4, -0.2) is 11.9 Å². The van der Waals surface area contributed by atoms with Crippen molar-refractivity contribution in [1.29, 1.82) is 0 Å². The molecule has 0 saturated carbocycles. The number of hydrogen-bond acceptors (Lipinski definition) is 2. The van der Waals surface area contributed by atoms with Gasteiger partial charge in [-0.05, 0) is 26.0 Å². The monoisotopic (exact) mass is 222 g/mol. The number of ether oxygens (including phenoxy) is 1. The van der Waals surface area contributed by atoms with Gasteiger partial charge in [-0.2, -0.15) is 0 Å². The second kappa shape index (κ2) is 4.86. The van der Waals surface area contributed by atoms with E-state index in [1.54, 1.807) is 25.1 Å². The predicted molar refractivity (Wildman–Crippen MR) is 60.4 cm³/mol. The molecule has 15 heavy (non-hydrogen) atoms. The van der Waals surface area contributed by atoms with Gasteiger partial charge in [0.2, 0.25) is 0 Å². The summed E-state index contributed by atoms with van der Waals surface area (Å²) in [7, 11) is 0. The molecule has 78 valence electrons. The number of Topliss-reactive ketones (excluding diaryl/α,β-unsaturated/α-hetero) is 1. The van der Waals surface area contributed by atoms with E-state index in [2.05, 4.69) is 5.92 Å². The number of halogens is 1. The standard InChI is InChI=1S/C12H11ClO2/c1-4-8(2)15-11-7-5-6-10(13)12(11)9(3)14/h1,5-8H,2-3H3. The quantitative estimate of drug-likeness (QED) is 0.581. The van der Waals surface area contributed by atoms with Crippen molar-refractivity contribution in [3.63, 3.8) is 0 Å². The Hall–Kier alpha value is -1.46. The van der Waals surface area contributed by atoms with Gasteiger partial charge < -0.3 is 4.74 Å². The van der Waals surface area contributed by atoms with Gasteiger partial charge in [-0.1, -0.05) is 23.6 Å². The third-order valence-electron chi connectivity index (χ3n) is 1.87. The van der Waals surface area contributed by atoms with Gasteiger partial charge in [-0.3, -0.25) is 4.79 Å². The van der Waals surface area contributed by atoms with E-state index in [1.165, 1.54) is 6.92 Å². The number of ketones is 1. The molecule has 0 N–H and O–H groups in total. The van der Waals surface area contributed by atoms with Crippen molar-refractivity contribution < 1.29 is 9.53 Å². The third kappa shape index (κ3) is 2.74. The summed E-state index contributed by atoms with van der Waals surface area (Å²) >= 11 is 5.90. The van der Waals surface area contributed by atoms with Crippen molar-refractivity contribution in [3.8, 4) is 18.1 Å². The summed E-state index contributed by atoms with van der Waals surface area (Å²) in [6, 6.07) is 5.04. The highest BCUT2D eigenvalue weighted by atomic mass is 35.5. The highest BCUT2D eigenvalue weighted by Gasteiger charge is 2.13. The summed E-state index contributed by atoms with van der Waals surface area (Å²) in [5, 5.41) is 0.379. The third-order valence-corrected chi connectivity index (χ3v) is 2.18. The number of carbonyl (C=O) groups is 1. The molecular weight excluding hydrogens is 212 g/mol. The second-order valence-corrected chi connectivity index (χ2v) is 3.50. The van der Waals surface area contributed by atoms with E-state index < -0.39 is 0 Å². The fraction of sp³-hybridized carbons (Fsp3) is 0.250. The van der Waals surface area contributed by atoms with Gasteiger partial charge in [0.15, 0.2) is 11.9 Å². The molecule has 0 fully saturated rings. The fourth-order valence-corrected chi connectivity index (χ4v) is 1.47. The molecule has 0 radical (unpaired) electrons. The lowest BCUT2D eigenvalue weighted by Gasteiger charge is -2.12. The molecule has 0 amide bonds. The molecule has 0 aromatic heterocycles. The van der Waals surface area contributed by atoms with Gasteiger partial charge in [-0.15, -0.1) is 6.42 Å². The van der Waals surface area contributed by atoms with Crippen LogP contribution in [0.15, 0.2) is 18.2 Å². The van der Waals surface area contributed by atoms with Gasteiger partial charge in [0, 0.05) is 0 Å². The Morgan fingerprint density at radius 2 is 2.27 bits per heavy atom. The zero-order chi connectivity index (χ0) is 11.4. The van der Waals surface area contributed by atoms with Crippen LogP contribution in [0.5, 0.6) is 5.75 Å². The second-order valence-electron chi connectivity index (χ2n) is 3.10. The van der Waals surface area contributed by atoms with Gasteiger partial charge in [-0.25, -0.2) is 0 Å². The predicted octanol–water partition coefficient (Wildman–Crippen LogP) is 2.94. The lowest BCUT2D eigenvalue weighted by molar-refractivity contribution is 0.101. The normalized spacial score (nSPS) is 11.6. The SMILES string of the molecule is C#CC(C)Oc1cccc(Cl)c1C(C)=O. The summed E-state index contributed by atoms with van der Waals surface area (Å²) in [6.07, 6.45) is 4.80. The molecule has 1 rings (SSSR count). The number of hydrogen-bond donors (Lipinski definition) is 0. The van der Waals surface area contributed by atoms with Crippen LogP contribution >= 0.6 is 11.6 Å². The maximum absolute atomic E-state index is 11.3. The summed E-state index contributed by atoms with van der Waals surface area (Å²) in [4.78, 5) is 11.3. The van der Waals surface area contributed by atoms with Crippen LogP contribution in [0.25, 0.3) is 0 Å². The van der Waals surface area contributed by atoms with E-state index in [-0.39, 0.29) is 11.9 Å². The van der Waals surface area contributed by atoms with Crippen molar-refractivity contribution in [3.05, 3.63) is 28.8 Å².